The average molecular weight is 241 g/mol. The van der Waals surface area contributed by atoms with E-state index in [9.17, 15) is 0 Å². The summed E-state index contributed by atoms with van der Waals surface area (Å²) in [5, 5.41) is 4.14. The number of aromatic nitrogens is 2. The van der Waals surface area contributed by atoms with Crippen LogP contribution in [-0.4, -0.2) is 29.1 Å². The van der Waals surface area contributed by atoms with E-state index in [-0.39, 0.29) is 0 Å². The number of hydrogen-bond acceptors (Lipinski definition) is 5. The number of aryl methyl sites for hydroxylation is 1. The fraction of sp³-hybridized carbons (Fsp3) is 0.818. The lowest BCUT2D eigenvalue weighted by Gasteiger charge is -2.22. The molecule has 1 unspecified atom stereocenters. The maximum Gasteiger partial charge on any atom is 0.293 e. The van der Waals surface area contributed by atoms with Crippen molar-refractivity contribution in [1.82, 2.24) is 14.7 Å². The molecule has 5 heteroatoms. The molecular formula is C11H19N3OS. The molecule has 1 aliphatic rings. The first-order chi connectivity index (χ1) is 7.88. The first-order valence-electron chi connectivity index (χ1n) is 6.04. The molecule has 2 rings (SSSR count). The normalized spacial score (nSPS) is 20.9. The molecule has 90 valence electrons. The molecule has 0 radical (unpaired) electrons. The van der Waals surface area contributed by atoms with Gasteiger partial charge in [0.1, 0.15) is 5.82 Å². The van der Waals surface area contributed by atoms with Crippen LogP contribution in [0.2, 0.25) is 0 Å². The SMILES string of the molecule is CCc1nsc(OCCC2CCCNC2)n1. The van der Waals surface area contributed by atoms with Crippen LogP contribution in [0.3, 0.4) is 0 Å². The highest BCUT2D eigenvalue weighted by Gasteiger charge is 2.13. The first-order valence-corrected chi connectivity index (χ1v) is 6.82. The van der Waals surface area contributed by atoms with E-state index in [4.69, 9.17) is 4.74 Å². The van der Waals surface area contributed by atoms with Crippen LogP contribution in [0.1, 0.15) is 32.0 Å². The third-order valence-corrected chi connectivity index (χ3v) is 3.58. The lowest BCUT2D eigenvalue weighted by atomic mass is 9.97. The maximum atomic E-state index is 5.61. The highest BCUT2D eigenvalue weighted by molar-refractivity contribution is 7.07. The van der Waals surface area contributed by atoms with Gasteiger partial charge in [0.05, 0.1) is 6.61 Å². The zero-order valence-corrected chi connectivity index (χ0v) is 10.6. The summed E-state index contributed by atoms with van der Waals surface area (Å²) in [6, 6.07) is 0. The number of piperidine rings is 1. The van der Waals surface area contributed by atoms with Crippen LogP contribution in [0.4, 0.5) is 0 Å². The molecule has 0 saturated carbocycles. The Morgan fingerprint density at radius 2 is 2.50 bits per heavy atom. The summed E-state index contributed by atoms with van der Waals surface area (Å²) in [7, 11) is 0. The zero-order chi connectivity index (χ0) is 11.2. The van der Waals surface area contributed by atoms with Gasteiger partial charge in [0.2, 0.25) is 0 Å². The fourth-order valence-corrected chi connectivity index (χ4v) is 2.56. The Hall–Kier alpha value is -0.680. The smallest absolute Gasteiger partial charge is 0.293 e. The molecule has 16 heavy (non-hydrogen) atoms. The topological polar surface area (TPSA) is 47.0 Å². The molecule has 1 saturated heterocycles. The van der Waals surface area contributed by atoms with Crippen molar-refractivity contribution >= 4 is 11.5 Å². The lowest BCUT2D eigenvalue weighted by molar-refractivity contribution is 0.253. The molecule has 0 amide bonds. The van der Waals surface area contributed by atoms with Crippen LogP contribution < -0.4 is 10.1 Å². The van der Waals surface area contributed by atoms with Crippen molar-refractivity contribution in [3.63, 3.8) is 0 Å². The molecule has 1 fully saturated rings. The van der Waals surface area contributed by atoms with Gasteiger partial charge < -0.3 is 10.1 Å². The minimum atomic E-state index is 0.723. The van der Waals surface area contributed by atoms with Crippen molar-refractivity contribution in [2.24, 2.45) is 5.92 Å². The Balaban J connectivity index is 1.66. The maximum absolute atomic E-state index is 5.61. The van der Waals surface area contributed by atoms with E-state index in [0.29, 0.717) is 0 Å². The van der Waals surface area contributed by atoms with Crippen molar-refractivity contribution in [2.45, 2.75) is 32.6 Å². The molecule has 0 spiro atoms. The zero-order valence-electron chi connectivity index (χ0n) is 9.74. The number of hydrogen-bond donors (Lipinski definition) is 1. The second kappa shape index (κ2) is 6.15. The number of ether oxygens (including phenoxy) is 1. The van der Waals surface area contributed by atoms with E-state index < -0.39 is 0 Å². The van der Waals surface area contributed by atoms with Crippen molar-refractivity contribution in [1.29, 1.82) is 0 Å². The van der Waals surface area contributed by atoms with Gasteiger partial charge in [-0.3, -0.25) is 0 Å². The molecule has 1 aromatic rings. The quantitative estimate of drug-likeness (QED) is 0.855. The molecule has 0 aliphatic carbocycles. The van der Waals surface area contributed by atoms with Gasteiger partial charge in [-0.05, 0) is 38.3 Å². The van der Waals surface area contributed by atoms with Crippen LogP contribution in [-0.2, 0) is 6.42 Å². The average Bonchev–Trinajstić information content (AvgIpc) is 2.78. The minimum Gasteiger partial charge on any atom is -0.469 e. The van der Waals surface area contributed by atoms with Gasteiger partial charge in [-0.2, -0.15) is 9.36 Å². The van der Waals surface area contributed by atoms with Gasteiger partial charge in [0.25, 0.3) is 5.19 Å². The van der Waals surface area contributed by atoms with Crippen molar-refractivity contribution < 1.29 is 4.74 Å². The predicted molar refractivity (Wildman–Crippen MR) is 65.0 cm³/mol. The summed E-state index contributed by atoms with van der Waals surface area (Å²) in [6.07, 6.45) is 4.62. The van der Waals surface area contributed by atoms with Crippen LogP contribution in [0, 0.1) is 5.92 Å². The Kier molecular flexibility index (Phi) is 4.54. The summed E-state index contributed by atoms with van der Waals surface area (Å²) in [5.41, 5.74) is 0. The van der Waals surface area contributed by atoms with Crippen LogP contribution in [0.15, 0.2) is 0 Å². The third-order valence-electron chi connectivity index (χ3n) is 2.92. The monoisotopic (exact) mass is 241 g/mol. The molecule has 1 atom stereocenters. The molecule has 1 N–H and O–H groups in total. The highest BCUT2D eigenvalue weighted by atomic mass is 32.1. The van der Waals surface area contributed by atoms with Crippen molar-refractivity contribution in [3.8, 4) is 5.19 Å². The Morgan fingerprint density at radius 3 is 3.19 bits per heavy atom. The number of nitrogens with zero attached hydrogens (tertiary/aromatic N) is 2. The van der Waals surface area contributed by atoms with E-state index in [0.717, 1.165) is 42.9 Å². The second-order valence-electron chi connectivity index (χ2n) is 4.18. The first kappa shape index (κ1) is 11.8. The molecular weight excluding hydrogens is 222 g/mol. The molecule has 1 aliphatic heterocycles. The van der Waals surface area contributed by atoms with Crippen LogP contribution in [0.25, 0.3) is 0 Å². The Bertz CT molecular complexity index is 310. The van der Waals surface area contributed by atoms with Gasteiger partial charge in [-0.15, -0.1) is 0 Å². The number of nitrogens with one attached hydrogen (secondary N) is 1. The predicted octanol–water partition coefficient (Wildman–Crippen LogP) is 1.87. The Labute approximate surface area is 101 Å². The third kappa shape index (κ3) is 3.42. The van der Waals surface area contributed by atoms with Gasteiger partial charge in [0, 0.05) is 18.0 Å². The summed E-state index contributed by atoms with van der Waals surface area (Å²) < 4.78 is 9.80. The Morgan fingerprint density at radius 1 is 1.56 bits per heavy atom. The molecule has 4 nitrogen and oxygen atoms in total. The molecule has 2 heterocycles. The van der Waals surface area contributed by atoms with E-state index in [2.05, 4.69) is 21.6 Å². The fourth-order valence-electron chi connectivity index (χ4n) is 1.92. The summed E-state index contributed by atoms with van der Waals surface area (Å²) in [6.45, 7) is 5.14. The van der Waals surface area contributed by atoms with Gasteiger partial charge in [-0.1, -0.05) is 6.92 Å². The largest absolute Gasteiger partial charge is 0.469 e. The standard InChI is InChI=1S/C11H19N3OS/c1-2-10-13-11(16-14-10)15-7-5-9-4-3-6-12-8-9/h9,12H,2-8H2,1H3. The van der Waals surface area contributed by atoms with E-state index in [1.165, 1.54) is 30.9 Å². The van der Waals surface area contributed by atoms with E-state index in [1.54, 1.807) is 0 Å². The molecule has 0 aromatic carbocycles. The minimum absolute atomic E-state index is 0.723. The van der Waals surface area contributed by atoms with Gasteiger partial charge >= 0.3 is 0 Å². The highest BCUT2D eigenvalue weighted by Crippen LogP contribution is 2.17. The lowest BCUT2D eigenvalue weighted by Crippen LogP contribution is -2.30. The van der Waals surface area contributed by atoms with Crippen LogP contribution in [0.5, 0.6) is 5.19 Å². The van der Waals surface area contributed by atoms with E-state index in [1.807, 2.05) is 0 Å². The van der Waals surface area contributed by atoms with Crippen LogP contribution >= 0.6 is 11.5 Å². The number of rotatable bonds is 5. The van der Waals surface area contributed by atoms with Gasteiger partial charge in [-0.25, -0.2) is 0 Å². The van der Waals surface area contributed by atoms with Crippen molar-refractivity contribution in [2.75, 3.05) is 19.7 Å². The summed E-state index contributed by atoms with van der Waals surface area (Å²) in [5.74, 6) is 1.66. The summed E-state index contributed by atoms with van der Waals surface area (Å²) in [4.78, 5) is 4.28. The summed E-state index contributed by atoms with van der Waals surface area (Å²) >= 11 is 1.36. The second-order valence-corrected chi connectivity index (χ2v) is 4.89. The van der Waals surface area contributed by atoms with Gasteiger partial charge in [0.15, 0.2) is 0 Å². The molecule has 0 bridgehead atoms. The van der Waals surface area contributed by atoms with E-state index >= 15 is 0 Å². The van der Waals surface area contributed by atoms with Crippen molar-refractivity contribution in [3.05, 3.63) is 5.82 Å². The molecule has 1 aromatic heterocycles.